The summed E-state index contributed by atoms with van der Waals surface area (Å²) >= 11 is 1.28. The molecule has 1 aliphatic rings. The topological polar surface area (TPSA) is 101 Å². The van der Waals surface area contributed by atoms with Crippen LogP contribution in [0.4, 0.5) is 5.69 Å². The summed E-state index contributed by atoms with van der Waals surface area (Å²) in [4.78, 5) is 52.4. The van der Waals surface area contributed by atoms with Gasteiger partial charge in [-0.25, -0.2) is 0 Å². The second-order valence-corrected chi connectivity index (χ2v) is 7.04. The summed E-state index contributed by atoms with van der Waals surface area (Å²) in [5.41, 5.74) is 1.49. The van der Waals surface area contributed by atoms with Crippen LogP contribution in [0.5, 0.6) is 0 Å². The van der Waals surface area contributed by atoms with Gasteiger partial charge in [0.15, 0.2) is 4.80 Å². The van der Waals surface area contributed by atoms with Crippen LogP contribution in [0, 0.1) is 0 Å². The number of hydrogen-bond acceptors (Lipinski definition) is 5. The third-order valence-corrected chi connectivity index (χ3v) is 5.02. The molecular formula is C18H18N4O4S. The quantitative estimate of drug-likeness (QED) is 0.620. The predicted octanol–water partition coefficient (Wildman–Crippen LogP) is 1.42. The number of nitrogens with one attached hydrogen (secondary N) is 1. The monoisotopic (exact) mass is 386 g/mol. The number of likely N-dealkylation sites (tertiary alicyclic amines) is 1. The van der Waals surface area contributed by atoms with Gasteiger partial charge in [0, 0.05) is 32.0 Å². The summed E-state index contributed by atoms with van der Waals surface area (Å²) in [5.74, 6) is -1.44. The highest BCUT2D eigenvalue weighted by Crippen LogP contribution is 2.22. The summed E-state index contributed by atoms with van der Waals surface area (Å²) < 4.78 is 2.65. The lowest BCUT2D eigenvalue weighted by atomic mass is 10.3. The van der Waals surface area contributed by atoms with Crippen LogP contribution in [-0.4, -0.2) is 39.6 Å². The Labute approximate surface area is 158 Å². The number of carbonyl (C=O) groups excluding carboxylic acids is 4. The second kappa shape index (κ2) is 7.67. The molecule has 0 bridgehead atoms. The molecule has 3 rings (SSSR count). The molecule has 1 fully saturated rings. The van der Waals surface area contributed by atoms with Gasteiger partial charge in [0.1, 0.15) is 6.54 Å². The fourth-order valence-electron chi connectivity index (χ4n) is 2.82. The van der Waals surface area contributed by atoms with Crippen LogP contribution in [-0.2, 0) is 25.7 Å². The Bertz CT molecular complexity index is 1020. The van der Waals surface area contributed by atoms with Crippen LogP contribution >= 0.6 is 11.3 Å². The van der Waals surface area contributed by atoms with Crippen molar-refractivity contribution in [2.75, 3.05) is 11.9 Å². The van der Waals surface area contributed by atoms with Gasteiger partial charge in [-0.2, -0.15) is 4.99 Å². The van der Waals surface area contributed by atoms with Gasteiger partial charge in [0.25, 0.3) is 5.91 Å². The first-order valence-corrected chi connectivity index (χ1v) is 9.13. The van der Waals surface area contributed by atoms with E-state index in [1.165, 1.54) is 18.3 Å². The third kappa shape index (κ3) is 4.03. The van der Waals surface area contributed by atoms with Crippen molar-refractivity contribution in [3.8, 4) is 0 Å². The summed E-state index contributed by atoms with van der Waals surface area (Å²) in [7, 11) is 0. The molecule has 0 unspecified atom stereocenters. The van der Waals surface area contributed by atoms with Crippen LogP contribution in [0.2, 0.25) is 0 Å². The summed E-state index contributed by atoms with van der Waals surface area (Å²) in [6, 6.07) is 5.40. The molecule has 0 spiro atoms. The van der Waals surface area contributed by atoms with Gasteiger partial charge in [0.05, 0.1) is 10.2 Å². The molecule has 8 nitrogen and oxygen atoms in total. The first kappa shape index (κ1) is 18.7. The van der Waals surface area contributed by atoms with E-state index in [1.54, 1.807) is 18.2 Å². The first-order valence-electron chi connectivity index (χ1n) is 8.31. The van der Waals surface area contributed by atoms with Crippen molar-refractivity contribution in [1.29, 1.82) is 0 Å². The highest BCUT2D eigenvalue weighted by Gasteiger charge is 2.30. The molecular weight excluding hydrogens is 368 g/mol. The molecule has 0 radical (unpaired) electrons. The lowest BCUT2D eigenvalue weighted by Gasteiger charge is -2.10. The maximum Gasteiger partial charge on any atom is 0.268 e. The minimum absolute atomic E-state index is 0.136. The van der Waals surface area contributed by atoms with E-state index < -0.39 is 5.91 Å². The van der Waals surface area contributed by atoms with Gasteiger partial charge in [-0.3, -0.25) is 24.1 Å². The Morgan fingerprint density at radius 3 is 2.63 bits per heavy atom. The Morgan fingerprint density at radius 1 is 1.30 bits per heavy atom. The predicted molar refractivity (Wildman–Crippen MR) is 101 cm³/mol. The zero-order valence-electron chi connectivity index (χ0n) is 14.7. The minimum atomic E-state index is -0.565. The Kier molecular flexibility index (Phi) is 5.31. The van der Waals surface area contributed by atoms with Crippen LogP contribution < -0.4 is 10.1 Å². The molecule has 4 amide bonds. The molecule has 1 saturated heterocycles. The number of allylic oxidation sites excluding steroid dienone is 1. The normalized spacial score (nSPS) is 14.9. The van der Waals surface area contributed by atoms with Crippen molar-refractivity contribution < 1.29 is 19.2 Å². The number of benzene rings is 1. The van der Waals surface area contributed by atoms with Crippen molar-refractivity contribution in [2.24, 2.45) is 4.99 Å². The van der Waals surface area contributed by atoms with Gasteiger partial charge in [0.2, 0.25) is 17.7 Å². The summed E-state index contributed by atoms with van der Waals surface area (Å²) in [6.45, 7) is 5.24. The molecule has 0 atom stereocenters. The molecule has 0 aliphatic carbocycles. The molecule has 0 saturated carbocycles. The number of nitrogens with zero attached hydrogens (tertiary/aromatic N) is 3. The van der Waals surface area contributed by atoms with Gasteiger partial charge in [-0.15, -0.1) is 6.58 Å². The molecule has 1 aromatic heterocycles. The number of aromatic nitrogens is 1. The van der Waals surface area contributed by atoms with Gasteiger partial charge in [-0.05, 0) is 18.2 Å². The van der Waals surface area contributed by atoms with Crippen LogP contribution in [0.25, 0.3) is 10.2 Å². The third-order valence-electron chi connectivity index (χ3n) is 3.98. The summed E-state index contributed by atoms with van der Waals surface area (Å²) in [5, 5.41) is 2.72. The number of amides is 4. The van der Waals surface area contributed by atoms with Crippen molar-refractivity contribution in [2.45, 2.75) is 26.3 Å². The molecule has 2 heterocycles. The number of fused-ring (bicyclic) bond motifs is 1. The number of imide groups is 1. The van der Waals surface area contributed by atoms with Crippen LogP contribution in [0.3, 0.4) is 0 Å². The lowest BCUT2D eigenvalue weighted by molar-refractivity contribution is -0.141. The zero-order valence-corrected chi connectivity index (χ0v) is 15.5. The van der Waals surface area contributed by atoms with Crippen LogP contribution in [0.15, 0.2) is 35.8 Å². The molecule has 27 heavy (non-hydrogen) atoms. The fourth-order valence-corrected chi connectivity index (χ4v) is 3.92. The van der Waals surface area contributed by atoms with Crippen molar-refractivity contribution >= 4 is 50.9 Å². The van der Waals surface area contributed by atoms with E-state index in [0.29, 0.717) is 17.0 Å². The average molecular weight is 386 g/mol. The zero-order chi connectivity index (χ0) is 19.6. The van der Waals surface area contributed by atoms with E-state index in [2.05, 4.69) is 16.9 Å². The van der Waals surface area contributed by atoms with Crippen LogP contribution in [0.1, 0.15) is 19.8 Å². The number of hydrogen-bond donors (Lipinski definition) is 1. The van der Waals surface area contributed by atoms with E-state index in [-0.39, 0.29) is 37.1 Å². The molecule has 9 heteroatoms. The Balaban J connectivity index is 1.97. The average Bonchev–Trinajstić information content (AvgIpc) is 3.09. The summed E-state index contributed by atoms with van der Waals surface area (Å²) in [6.07, 6.45) is 1.96. The number of thiazole rings is 1. The smallest absolute Gasteiger partial charge is 0.268 e. The van der Waals surface area contributed by atoms with Gasteiger partial charge >= 0.3 is 0 Å². The Morgan fingerprint density at radius 2 is 2.00 bits per heavy atom. The van der Waals surface area contributed by atoms with Gasteiger partial charge < -0.3 is 9.88 Å². The largest absolute Gasteiger partial charge is 0.326 e. The molecule has 140 valence electrons. The molecule has 1 aromatic carbocycles. The highest BCUT2D eigenvalue weighted by atomic mass is 32.1. The van der Waals surface area contributed by atoms with Gasteiger partial charge in [-0.1, -0.05) is 17.4 Å². The lowest BCUT2D eigenvalue weighted by Crippen LogP contribution is -2.34. The number of rotatable bonds is 5. The second-order valence-electron chi connectivity index (χ2n) is 6.03. The molecule has 1 aliphatic heterocycles. The maximum atomic E-state index is 12.3. The van der Waals surface area contributed by atoms with E-state index >= 15 is 0 Å². The first-order chi connectivity index (χ1) is 12.9. The van der Waals surface area contributed by atoms with E-state index in [0.717, 1.165) is 15.1 Å². The van der Waals surface area contributed by atoms with Crippen molar-refractivity contribution in [3.63, 3.8) is 0 Å². The molecule has 1 N–H and O–H groups in total. The minimum Gasteiger partial charge on any atom is -0.326 e. The van der Waals surface area contributed by atoms with E-state index in [4.69, 9.17) is 0 Å². The maximum absolute atomic E-state index is 12.3. The van der Waals surface area contributed by atoms with E-state index in [1.807, 2.05) is 10.6 Å². The SMILES string of the molecule is C=CCn1c(=NC(=O)CN2C(=O)CCC2=O)sc2cc(NC(C)=O)ccc21. The van der Waals surface area contributed by atoms with E-state index in [9.17, 15) is 19.2 Å². The fraction of sp³-hybridized carbons (Fsp3) is 0.278. The van der Waals surface area contributed by atoms with Crippen molar-refractivity contribution in [3.05, 3.63) is 35.7 Å². The Hall–Kier alpha value is -3.07. The number of carbonyl (C=O) groups is 4. The van der Waals surface area contributed by atoms with Crippen molar-refractivity contribution in [1.82, 2.24) is 9.47 Å². The highest BCUT2D eigenvalue weighted by molar-refractivity contribution is 7.16. The standard InChI is InChI=1S/C18H18N4O4S/c1-3-8-21-13-5-4-12(19-11(2)23)9-14(13)27-18(21)20-15(24)10-22-16(25)6-7-17(22)26/h3-5,9H,1,6-8,10H2,2H3,(H,19,23). The number of anilines is 1. The molecule has 2 aromatic rings.